The van der Waals surface area contributed by atoms with E-state index in [1.54, 1.807) is 12.4 Å². The molecule has 0 unspecified atom stereocenters. The molecular formula is C33H24IrN4O-2. The van der Waals surface area contributed by atoms with Crippen molar-refractivity contribution in [3.63, 3.8) is 0 Å². The van der Waals surface area contributed by atoms with Gasteiger partial charge in [-0.1, -0.05) is 35.2 Å². The number of aromatic nitrogens is 4. The molecule has 4 aromatic heterocycles. The first-order chi connectivity index (χ1) is 18.9. The Hall–Kier alpha value is -4.12. The topological polar surface area (TPSA) is 56.7 Å². The maximum atomic E-state index is 6.44. The number of fused-ring (bicyclic) bond motifs is 7. The zero-order valence-electron chi connectivity index (χ0n) is 21.1. The number of pyridine rings is 2. The largest absolute Gasteiger partial charge is 0.498 e. The first-order valence-electron chi connectivity index (χ1n) is 12.9. The molecule has 0 aliphatic carbocycles. The Bertz CT molecular complexity index is 1820. The third-order valence-electron chi connectivity index (χ3n) is 6.99. The number of hydrogen-bond donors (Lipinski definition) is 0. The van der Waals surface area contributed by atoms with E-state index in [1.165, 1.54) is 18.7 Å². The Labute approximate surface area is 239 Å². The van der Waals surface area contributed by atoms with E-state index in [4.69, 9.17) is 9.40 Å². The average molecular weight is 685 g/mol. The van der Waals surface area contributed by atoms with E-state index in [0.29, 0.717) is 0 Å². The van der Waals surface area contributed by atoms with E-state index in [2.05, 4.69) is 44.9 Å². The van der Waals surface area contributed by atoms with Crippen molar-refractivity contribution in [3.8, 4) is 22.5 Å². The zero-order valence-corrected chi connectivity index (χ0v) is 23.5. The summed E-state index contributed by atoms with van der Waals surface area (Å²) in [5.41, 5.74) is 7.72. The predicted molar refractivity (Wildman–Crippen MR) is 151 cm³/mol. The molecule has 0 N–H and O–H groups in total. The Morgan fingerprint density at radius 1 is 0.718 bits per heavy atom. The standard InChI is InChI=1S/C22H16N3O.C11H8N.Ir/c1-3-12-23-17(8-1)16-7-5-6-14-15-10-11-18-20(22(15)26-21(14)16)25-13-4-2-9-19(25)24-18;1-2-6-10(7-3-1)11-8-4-5-9-12-11;/h1,3,5-6,8,10-12H,2,4,9,13H2;1-6,8-9H;/q2*-1;. The van der Waals surface area contributed by atoms with E-state index in [9.17, 15) is 0 Å². The molecule has 0 amide bonds. The van der Waals surface area contributed by atoms with Crippen LogP contribution in [0, 0.1) is 12.1 Å². The summed E-state index contributed by atoms with van der Waals surface area (Å²) >= 11 is 0. The van der Waals surface area contributed by atoms with Gasteiger partial charge < -0.3 is 19.0 Å². The fourth-order valence-corrected chi connectivity index (χ4v) is 5.22. The molecule has 0 fully saturated rings. The van der Waals surface area contributed by atoms with E-state index in [-0.39, 0.29) is 20.1 Å². The molecule has 39 heavy (non-hydrogen) atoms. The van der Waals surface area contributed by atoms with Crippen molar-refractivity contribution in [3.05, 3.63) is 115 Å². The second-order valence-corrected chi connectivity index (χ2v) is 9.35. The van der Waals surface area contributed by atoms with Crippen LogP contribution in [0.4, 0.5) is 0 Å². The van der Waals surface area contributed by atoms with Crippen LogP contribution in [0.3, 0.4) is 0 Å². The molecule has 6 heteroatoms. The summed E-state index contributed by atoms with van der Waals surface area (Å²) in [5, 5.41) is 2.24. The van der Waals surface area contributed by atoms with E-state index in [0.717, 1.165) is 68.5 Å². The van der Waals surface area contributed by atoms with Crippen LogP contribution in [0.5, 0.6) is 0 Å². The van der Waals surface area contributed by atoms with Gasteiger partial charge in [-0.3, -0.25) is 0 Å². The monoisotopic (exact) mass is 685 g/mol. The van der Waals surface area contributed by atoms with Crippen LogP contribution >= 0.6 is 0 Å². The average Bonchev–Trinajstić information content (AvgIpc) is 3.57. The molecule has 7 aromatic rings. The van der Waals surface area contributed by atoms with Crippen molar-refractivity contribution in [2.45, 2.75) is 25.8 Å². The quantitative estimate of drug-likeness (QED) is 0.176. The molecule has 0 saturated heterocycles. The second kappa shape index (κ2) is 10.9. The van der Waals surface area contributed by atoms with E-state index < -0.39 is 0 Å². The molecular weight excluding hydrogens is 661 g/mol. The zero-order chi connectivity index (χ0) is 25.3. The predicted octanol–water partition coefficient (Wildman–Crippen LogP) is 7.68. The summed E-state index contributed by atoms with van der Waals surface area (Å²) in [6, 6.07) is 34.3. The van der Waals surface area contributed by atoms with Crippen molar-refractivity contribution >= 4 is 33.0 Å². The van der Waals surface area contributed by atoms with Crippen molar-refractivity contribution in [1.82, 2.24) is 19.5 Å². The van der Waals surface area contributed by atoms with Gasteiger partial charge in [-0.15, -0.1) is 54.1 Å². The molecule has 1 radical (unpaired) electrons. The number of furan rings is 1. The summed E-state index contributed by atoms with van der Waals surface area (Å²) in [4.78, 5) is 13.5. The number of nitrogens with zero attached hydrogens (tertiary/aromatic N) is 4. The molecule has 0 bridgehead atoms. The van der Waals surface area contributed by atoms with Gasteiger partial charge in [0, 0.05) is 50.9 Å². The van der Waals surface area contributed by atoms with Gasteiger partial charge in [0.15, 0.2) is 0 Å². The number of imidazole rings is 1. The molecule has 0 atom stereocenters. The van der Waals surface area contributed by atoms with Gasteiger partial charge in [-0.25, -0.2) is 4.98 Å². The van der Waals surface area contributed by atoms with Crippen molar-refractivity contribution < 1.29 is 24.5 Å². The Morgan fingerprint density at radius 3 is 2.28 bits per heavy atom. The van der Waals surface area contributed by atoms with Gasteiger partial charge in [0.25, 0.3) is 0 Å². The Kier molecular flexibility index (Phi) is 7.06. The third kappa shape index (κ3) is 4.67. The van der Waals surface area contributed by atoms with Gasteiger partial charge in [-0.05, 0) is 48.5 Å². The SMILES string of the molecule is [Ir].[c-]1ccc2c(oc3c2ccc2nc4n(c23)CCCC4)c1-c1ccccn1.[c-]1ccccc1-c1ccccn1. The number of aryl methyl sites for hydroxylation is 2. The molecule has 1 aliphatic rings. The van der Waals surface area contributed by atoms with Crippen LogP contribution in [0.1, 0.15) is 18.7 Å². The first-order valence-corrected chi connectivity index (χ1v) is 12.9. The molecule has 0 saturated carbocycles. The van der Waals surface area contributed by atoms with Crippen molar-refractivity contribution in [1.29, 1.82) is 0 Å². The summed E-state index contributed by atoms with van der Waals surface area (Å²) in [6.45, 7) is 1.02. The Balaban J connectivity index is 0.000000180. The number of benzene rings is 3. The molecule has 1 aliphatic heterocycles. The Morgan fingerprint density at radius 2 is 1.51 bits per heavy atom. The molecule has 5 nitrogen and oxygen atoms in total. The van der Waals surface area contributed by atoms with Crippen LogP contribution in [0.25, 0.3) is 55.5 Å². The smallest absolute Gasteiger partial charge is 0.146 e. The van der Waals surface area contributed by atoms with Crippen LogP contribution in [-0.2, 0) is 33.1 Å². The van der Waals surface area contributed by atoms with Crippen molar-refractivity contribution in [2.24, 2.45) is 0 Å². The fourth-order valence-electron chi connectivity index (χ4n) is 5.22. The minimum Gasteiger partial charge on any atom is -0.498 e. The normalized spacial score (nSPS) is 12.5. The van der Waals surface area contributed by atoms with Crippen LogP contribution in [0.15, 0.2) is 102 Å². The minimum atomic E-state index is 0. The molecule has 5 heterocycles. The van der Waals surface area contributed by atoms with Gasteiger partial charge in [0.1, 0.15) is 16.9 Å². The van der Waals surface area contributed by atoms with Crippen molar-refractivity contribution in [2.75, 3.05) is 0 Å². The van der Waals surface area contributed by atoms with Gasteiger partial charge >= 0.3 is 0 Å². The minimum absolute atomic E-state index is 0. The molecule has 193 valence electrons. The van der Waals surface area contributed by atoms with Crippen LogP contribution < -0.4 is 0 Å². The summed E-state index contributed by atoms with van der Waals surface area (Å²) in [5.74, 6) is 1.18. The number of rotatable bonds is 2. The number of hydrogen-bond acceptors (Lipinski definition) is 4. The fraction of sp³-hybridized carbons (Fsp3) is 0.121. The third-order valence-corrected chi connectivity index (χ3v) is 6.99. The van der Waals surface area contributed by atoms with E-state index >= 15 is 0 Å². The molecule has 8 rings (SSSR count). The molecule has 0 spiro atoms. The summed E-state index contributed by atoms with van der Waals surface area (Å²) in [6.07, 6.45) is 7.04. The van der Waals surface area contributed by atoms with Gasteiger partial charge in [-0.2, -0.15) is 0 Å². The second-order valence-electron chi connectivity index (χ2n) is 9.35. The maximum Gasteiger partial charge on any atom is 0.146 e. The summed E-state index contributed by atoms with van der Waals surface area (Å²) < 4.78 is 8.78. The van der Waals surface area contributed by atoms with Crippen LogP contribution in [-0.4, -0.2) is 19.5 Å². The van der Waals surface area contributed by atoms with E-state index in [1.807, 2.05) is 66.7 Å². The van der Waals surface area contributed by atoms with Gasteiger partial charge in [0.2, 0.25) is 0 Å². The van der Waals surface area contributed by atoms with Crippen LogP contribution in [0.2, 0.25) is 0 Å². The summed E-state index contributed by atoms with van der Waals surface area (Å²) in [7, 11) is 0. The van der Waals surface area contributed by atoms with Gasteiger partial charge in [0.05, 0.1) is 11.1 Å². The maximum absolute atomic E-state index is 6.44. The first kappa shape index (κ1) is 25.2. The molecule has 3 aromatic carbocycles.